The van der Waals surface area contributed by atoms with E-state index in [0.29, 0.717) is 17.0 Å². The number of benzene rings is 1. The number of anilines is 1. The molecular weight excluding hydrogens is 428 g/mol. The van der Waals surface area contributed by atoms with E-state index >= 15 is 0 Å². The molecule has 0 amide bonds. The zero-order valence-electron chi connectivity index (χ0n) is 18.3. The Hall–Kier alpha value is -4.40. The van der Waals surface area contributed by atoms with Crippen LogP contribution in [0.4, 0.5) is 5.69 Å². The molecule has 3 rings (SSSR count). The molecule has 0 saturated carbocycles. The summed E-state index contributed by atoms with van der Waals surface area (Å²) in [5.74, 6) is -1.32. The summed E-state index contributed by atoms with van der Waals surface area (Å²) >= 11 is 0. The smallest absolute Gasteiger partial charge is 0.355 e. The van der Waals surface area contributed by atoms with Gasteiger partial charge < -0.3 is 23.8 Å². The highest BCUT2D eigenvalue weighted by Crippen LogP contribution is 2.30. The lowest BCUT2D eigenvalue weighted by Crippen LogP contribution is -2.26. The summed E-state index contributed by atoms with van der Waals surface area (Å²) in [6, 6.07) is 9.76. The molecule has 0 unspecified atom stereocenters. The molecule has 0 bridgehead atoms. The number of ether oxygens (including phenoxy) is 4. The molecule has 170 valence electrons. The fourth-order valence-corrected chi connectivity index (χ4v) is 2.99. The minimum Gasteiger partial charge on any atom is -0.465 e. The quantitative estimate of drug-likeness (QED) is 0.463. The largest absolute Gasteiger partial charge is 0.465 e. The molecule has 1 aromatic heterocycles. The summed E-state index contributed by atoms with van der Waals surface area (Å²) in [6.45, 7) is 1.97. The van der Waals surface area contributed by atoms with Gasteiger partial charge >= 0.3 is 17.9 Å². The van der Waals surface area contributed by atoms with Crippen LogP contribution in [0.1, 0.15) is 17.3 Å². The van der Waals surface area contributed by atoms with Gasteiger partial charge in [-0.15, -0.1) is 0 Å². The van der Waals surface area contributed by atoms with Gasteiger partial charge in [-0.2, -0.15) is 0 Å². The first-order chi connectivity index (χ1) is 16.0. The van der Waals surface area contributed by atoms with Crippen molar-refractivity contribution >= 4 is 23.6 Å². The lowest BCUT2D eigenvalue weighted by atomic mass is 10.1. The summed E-state index contributed by atoms with van der Waals surface area (Å²) in [5, 5.41) is 0. The van der Waals surface area contributed by atoms with E-state index < -0.39 is 17.9 Å². The maximum absolute atomic E-state index is 12.6. The summed E-state index contributed by atoms with van der Waals surface area (Å²) < 4.78 is 20.5. The van der Waals surface area contributed by atoms with Crippen LogP contribution in [0.3, 0.4) is 0 Å². The van der Waals surface area contributed by atoms with Gasteiger partial charge in [0.05, 0.1) is 32.0 Å². The van der Waals surface area contributed by atoms with Crippen molar-refractivity contribution in [1.29, 1.82) is 0 Å². The van der Waals surface area contributed by atoms with Crippen LogP contribution >= 0.6 is 0 Å². The third-order valence-corrected chi connectivity index (χ3v) is 4.45. The number of hydrogen-bond acceptors (Lipinski definition) is 9. The highest BCUT2D eigenvalue weighted by atomic mass is 16.5. The van der Waals surface area contributed by atoms with Gasteiger partial charge in [0.1, 0.15) is 11.4 Å². The van der Waals surface area contributed by atoms with E-state index in [2.05, 4.69) is 4.98 Å². The lowest BCUT2D eigenvalue weighted by Gasteiger charge is -2.23. The summed E-state index contributed by atoms with van der Waals surface area (Å²) in [6.07, 6.45) is 7.80. The first-order valence-corrected chi connectivity index (χ1v) is 9.94. The van der Waals surface area contributed by atoms with Crippen LogP contribution in [0.2, 0.25) is 0 Å². The lowest BCUT2D eigenvalue weighted by molar-refractivity contribution is -0.139. The Kier molecular flexibility index (Phi) is 7.59. The molecule has 0 N–H and O–H groups in total. The maximum Gasteiger partial charge on any atom is 0.355 e. The highest BCUT2D eigenvalue weighted by molar-refractivity contribution is 6.05. The van der Waals surface area contributed by atoms with Crippen molar-refractivity contribution in [2.24, 2.45) is 0 Å². The third-order valence-electron chi connectivity index (χ3n) is 4.45. The molecule has 0 saturated heterocycles. The predicted molar refractivity (Wildman–Crippen MR) is 119 cm³/mol. The molecule has 9 nitrogen and oxygen atoms in total. The van der Waals surface area contributed by atoms with Crippen molar-refractivity contribution in [3.05, 3.63) is 83.9 Å². The summed E-state index contributed by atoms with van der Waals surface area (Å²) in [4.78, 5) is 42.5. The van der Waals surface area contributed by atoms with E-state index in [-0.39, 0.29) is 23.8 Å². The number of methoxy groups -OCH3 is 2. The maximum atomic E-state index is 12.6. The summed E-state index contributed by atoms with van der Waals surface area (Å²) in [5.41, 5.74) is 0.826. The Balaban J connectivity index is 1.97. The van der Waals surface area contributed by atoms with E-state index in [9.17, 15) is 14.4 Å². The second-order valence-corrected chi connectivity index (χ2v) is 6.52. The van der Waals surface area contributed by atoms with E-state index in [1.54, 1.807) is 49.5 Å². The van der Waals surface area contributed by atoms with Gasteiger partial charge in [0, 0.05) is 30.2 Å². The van der Waals surface area contributed by atoms with Crippen molar-refractivity contribution in [3.8, 4) is 11.6 Å². The Morgan fingerprint density at radius 3 is 2.48 bits per heavy atom. The zero-order valence-corrected chi connectivity index (χ0v) is 18.3. The van der Waals surface area contributed by atoms with Crippen LogP contribution in [-0.4, -0.2) is 43.7 Å². The van der Waals surface area contributed by atoms with Crippen LogP contribution in [0.5, 0.6) is 11.6 Å². The van der Waals surface area contributed by atoms with Crippen LogP contribution in [0.25, 0.3) is 0 Å². The third kappa shape index (κ3) is 5.45. The molecule has 0 spiro atoms. The molecule has 2 heterocycles. The number of rotatable bonds is 7. The normalized spacial score (nSPS) is 12.8. The molecule has 33 heavy (non-hydrogen) atoms. The van der Waals surface area contributed by atoms with Crippen LogP contribution < -0.4 is 9.64 Å². The number of pyridine rings is 1. The standard InChI is InChI=1S/C24H22N2O7/c1-4-32-22(27)16-11-12-25-20(14-16)33-18-9-7-8-17(15-18)26-13-6-5-10-19(23(28)30-2)21(26)24(29)31-3/h5-15H,4H2,1-3H3. The minimum absolute atomic E-state index is 0.0195. The Morgan fingerprint density at radius 1 is 0.970 bits per heavy atom. The molecule has 0 atom stereocenters. The topological polar surface area (TPSA) is 104 Å². The van der Waals surface area contributed by atoms with Crippen molar-refractivity contribution in [3.63, 3.8) is 0 Å². The molecule has 0 fully saturated rings. The minimum atomic E-state index is -0.721. The van der Waals surface area contributed by atoms with Crippen molar-refractivity contribution in [1.82, 2.24) is 4.98 Å². The van der Waals surface area contributed by atoms with Gasteiger partial charge in [0.15, 0.2) is 0 Å². The van der Waals surface area contributed by atoms with Crippen LogP contribution in [-0.2, 0) is 23.8 Å². The van der Waals surface area contributed by atoms with E-state index in [1.165, 1.54) is 43.5 Å². The van der Waals surface area contributed by atoms with Gasteiger partial charge in [-0.05, 0) is 37.3 Å². The van der Waals surface area contributed by atoms with Crippen molar-refractivity contribution in [2.75, 3.05) is 25.7 Å². The fraction of sp³-hybridized carbons (Fsp3) is 0.167. The van der Waals surface area contributed by atoms with Gasteiger partial charge in [-0.1, -0.05) is 12.1 Å². The van der Waals surface area contributed by atoms with Gasteiger partial charge in [-0.3, -0.25) is 0 Å². The SMILES string of the molecule is CCOC(=O)c1ccnc(Oc2cccc(N3C=CC=CC(C(=O)OC)=C3C(=O)OC)c2)c1. The molecule has 0 aliphatic carbocycles. The number of aromatic nitrogens is 1. The fourth-order valence-electron chi connectivity index (χ4n) is 2.99. The molecular formula is C24H22N2O7. The zero-order chi connectivity index (χ0) is 23.8. The number of allylic oxidation sites excluding steroid dienone is 2. The molecule has 9 heteroatoms. The van der Waals surface area contributed by atoms with Crippen molar-refractivity contribution < 1.29 is 33.3 Å². The number of nitrogens with zero attached hydrogens (tertiary/aromatic N) is 2. The average Bonchev–Trinajstić information content (AvgIpc) is 3.06. The molecule has 0 radical (unpaired) electrons. The number of esters is 3. The Morgan fingerprint density at radius 2 is 1.76 bits per heavy atom. The number of carbonyl (C=O) groups is 3. The molecule has 1 aromatic carbocycles. The molecule has 2 aromatic rings. The average molecular weight is 450 g/mol. The first-order valence-electron chi connectivity index (χ1n) is 9.94. The van der Waals surface area contributed by atoms with E-state index in [1.807, 2.05) is 0 Å². The summed E-state index contributed by atoms with van der Waals surface area (Å²) in [7, 11) is 2.45. The second kappa shape index (κ2) is 10.8. The van der Waals surface area contributed by atoms with Gasteiger partial charge in [0.25, 0.3) is 0 Å². The highest BCUT2D eigenvalue weighted by Gasteiger charge is 2.27. The Bertz CT molecular complexity index is 1150. The van der Waals surface area contributed by atoms with Crippen LogP contribution in [0.15, 0.2) is 78.3 Å². The second-order valence-electron chi connectivity index (χ2n) is 6.52. The van der Waals surface area contributed by atoms with Crippen LogP contribution in [0, 0.1) is 0 Å². The van der Waals surface area contributed by atoms with Gasteiger partial charge in [0.2, 0.25) is 5.88 Å². The number of hydrogen-bond donors (Lipinski definition) is 0. The Labute approximate surface area is 190 Å². The molecule has 1 aliphatic heterocycles. The van der Waals surface area contributed by atoms with Gasteiger partial charge in [-0.25, -0.2) is 19.4 Å². The first kappa shape index (κ1) is 23.3. The molecule has 1 aliphatic rings. The monoisotopic (exact) mass is 450 g/mol. The van der Waals surface area contributed by atoms with E-state index in [4.69, 9.17) is 18.9 Å². The predicted octanol–water partition coefficient (Wildman–Crippen LogP) is 3.54. The van der Waals surface area contributed by atoms with Crippen molar-refractivity contribution in [2.45, 2.75) is 6.92 Å². The van der Waals surface area contributed by atoms with E-state index in [0.717, 1.165) is 0 Å². The number of carbonyl (C=O) groups excluding carboxylic acids is 3.